The van der Waals surface area contributed by atoms with Crippen LogP contribution < -0.4 is 10.1 Å². The molecule has 0 aliphatic heterocycles. The van der Waals surface area contributed by atoms with Crippen molar-refractivity contribution in [3.05, 3.63) is 35.0 Å². The van der Waals surface area contributed by atoms with Crippen LogP contribution in [-0.2, 0) is 24.1 Å². The van der Waals surface area contributed by atoms with Gasteiger partial charge in [0.1, 0.15) is 11.9 Å². The average molecular weight is 359 g/mol. The summed E-state index contributed by atoms with van der Waals surface area (Å²) in [4.78, 5) is 17.3. The van der Waals surface area contributed by atoms with Gasteiger partial charge in [0.05, 0.1) is 13.2 Å². The first-order chi connectivity index (χ1) is 12.6. The van der Waals surface area contributed by atoms with E-state index in [1.807, 2.05) is 17.6 Å². The van der Waals surface area contributed by atoms with Gasteiger partial charge in [-0.25, -0.2) is 4.98 Å². The molecule has 0 saturated heterocycles. The smallest absolute Gasteiger partial charge is 0.257 e. The molecule has 0 fully saturated rings. The molecule has 2 aromatic heterocycles. The van der Waals surface area contributed by atoms with Crippen LogP contribution in [0.2, 0.25) is 0 Å². The highest BCUT2D eigenvalue weighted by Gasteiger charge is 2.23. The first-order valence-corrected chi connectivity index (χ1v) is 8.88. The fourth-order valence-corrected chi connectivity index (χ4v) is 3.26. The Morgan fingerprint density at radius 1 is 1.38 bits per heavy atom. The van der Waals surface area contributed by atoms with Gasteiger partial charge in [0, 0.05) is 26.0 Å². The minimum absolute atomic E-state index is 0.219. The normalized spacial score (nSPS) is 14.1. The van der Waals surface area contributed by atoms with Crippen LogP contribution in [0.4, 0.5) is 0 Å². The first-order valence-electron chi connectivity index (χ1n) is 8.88. The molecule has 8 nitrogen and oxygen atoms in total. The van der Waals surface area contributed by atoms with Crippen molar-refractivity contribution in [2.24, 2.45) is 0 Å². The van der Waals surface area contributed by atoms with Crippen LogP contribution in [0.5, 0.6) is 5.88 Å². The standard InChI is InChI=1S/C18H25N5O3/c1-12(16-22-19-11-23(16)8-5-9-25-2)20-17(24)14-10-13-6-4-7-15(13)21-18(14)26-3/h10-12H,4-9H2,1-3H3,(H,20,24)/t12-/m1/s1. The van der Waals surface area contributed by atoms with E-state index in [1.54, 1.807) is 13.4 Å². The maximum absolute atomic E-state index is 12.8. The largest absolute Gasteiger partial charge is 0.480 e. The molecule has 26 heavy (non-hydrogen) atoms. The van der Waals surface area contributed by atoms with Crippen molar-refractivity contribution in [3.8, 4) is 5.88 Å². The second kappa shape index (κ2) is 8.27. The van der Waals surface area contributed by atoms with E-state index in [9.17, 15) is 4.79 Å². The molecule has 1 aliphatic rings. The number of methoxy groups -OCH3 is 2. The molecule has 1 atom stereocenters. The van der Waals surface area contributed by atoms with Gasteiger partial charge in [-0.1, -0.05) is 0 Å². The molecule has 8 heteroatoms. The van der Waals surface area contributed by atoms with E-state index in [4.69, 9.17) is 9.47 Å². The topological polar surface area (TPSA) is 91.2 Å². The molecular weight excluding hydrogens is 334 g/mol. The van der Waals surface area contributed by atoms with Gasteiger partial charge in [0.2, 0.25) is 5.88 Å². The third kappa shape index (κ3) is 3.85. The third-order valence-electron chi connectivity index (χ3n) is 4.58. The Morgan fingerprint density at radius 2 is 2.23 bits per heavy atom. The van der Waals surface area contributed by atoms with Gasteiger partial charge in [0.25, 0.3) is 5.91 Å². The lowest BCUT2D eigenvalue weighted by atomic mass is 10.1. The number of amides is 1. The van der Waals surface area contributed by atoms with Crippen molar-refractivity contribution >= 4 is 5.91 Å². The molecule has 1 aliphatic carbocycles. The predicted octanol–water partition coefficient (Wildman–Crippen LogP) is 1.70. The summed E-state index contributed by atoms with van der Waals surface area (Å²) in [5.41, 5.74) is 2.63. The van der Waals surface area contributed by atoms with Crippen molar-refractivity contribution in [1.82, 2.24) is 25.1 Å². The lowest BCUT2D eigenvalue weighted by Crippen LogP contribution is -2.29. The SMILES string of the molecule is COCCCn1cnnc1[C@@H](C)NC(=O)c1cc2c(nc1OC)CCC2. The molecule has 0 aromatic carbocycles. The van der Waals surface area contributed by atoms with Crippen LogP contribution in [0.1, 0.15) is 53.2 Å². The number of carbonyl (C=O) groups excluding carboxylic acids is 1. The molecule has 1 amide bonds. The van der Waals surface area contributed by atoms with Crippen molar-refractivity contribution in [2.45, 2.75) is 45.2 Å². The summed E-state index contributed by atoms with van der Waals surface area (Å²) in [5.74, 6) is 0.863. The van der Waals surface area contributed by atoms with E-state index in [0.717, 1.165) is 43.5 Å². The minimum atomic E-state index is -0.287. The third-order valence-corrected chi connectivity index (χ3v) is 4.58. The van der Waals surface area contributed by atoms with Crippen LogP contribution in [0.25, 0.3) is 0 Å². The molecule has 0 radical (unpaired) electrons. The molecule has 140 valence electrons. The molecule has 0 unspecified atom stereocenters. The molecular formula is C18H25N5O3. The van der Waals surface area contributed by atoms with Gasteiger partial charge in [-0.3, -0.25) is 4.79 Å². The number of aromatic nitrogens is 4. The van der Waals surface area contributed by atoms with E-state index in [0.29, 0.717) is 23.9 Å². The van der Waals surface area contributed by atoms with E-state index in [-0.39, 0.29) is 11.9 Å². The average Bonchev–Trinajstić information content (AvgIpc) is 3.29. The van der Waals surface area contributed by atoms with Crippen LogP contribution in [0.15, 0.2) is 12.4 Å². The van der Waals surface area contributed by atoms with Crippen molar-refractivity contribution < 1.29 is 14.3 Å². The number of pyridine rings is 1. The highest BCUT2D eigenvalue weighted by molar-refractivity contribution is 5.96. The van der Waals surface area contributed by atoms with E-state index in [2.05, 4.69) is 20.5 Å². The quantitative estimate of drug-likeness (QED) is 0.722. The molecule has 1 N–H and O–H groups in total. The Bertz CT molecular complexity index is 774. The number of ether oxygens (including phenoxy) is 2. The van der Waals surface area contributed by atoms with Crippen molar-refractivity contribution in [1.29, 1.82) is 0 Å². The Labute approximate surface area is 152 Å². The zero-order chi connectivity index (χ0) is 18.5. The van der Waals surface area contributed by atoms with Gasteiger partial charge < -0.3 is 19.4 Å². The molecule has 2 heterocycles. The summed E-state index contributed by atoms with van der Waals surface area (Å²) in [6, 6.07) is 1.62. The number of aryl methyl sites for hydroxylation is 3. The fourth-order valence-electron chi connectivity index (χ4n) is 3.26. The maximum atomic E-state index is 12.8. The second-order valence-electron chi connectivity index (χ2n) is 6.43. The monoisotopic (exact) mass is 359 g/mol. The number of hydrogen-bond acceptors (Lipinski definition) is 6. The lowest BCUT2D eigenvalue weighted by molar-refractivity contribution is 0.0933. The maximum Gasteiger partial charge on any atom is 0.257 e. The Kier molecular flexibility index (Phi) is 5.82. The summed E-state index contributed by atoms with van der Waals surface area (Å²) < 4.78 is 12.3. The van der Waals surface area contributed by atoms with Crippen LogP contribution >= 0.6 is 0 Å². The first kappa shape index (κ1) is 18.3. The van der Waals surface area contributed by atoms with Crippen LogP contribution in [0, 0.1) is 0 Å². The Morgan fingerprint density at radius 3 is 3.00 bits per heavy atom. The highest BCUT2D eigenvalue weighted by Crippen LogP contribution is 2.27. The van der Waals surface area contributed by atoms with Gasteiger partial charge in [-0.05, 0) is 44.2 Å². The van der Waals surface area contributed by atoms with Gasteiger partial charge in [-0.2, -0.15) is 0 Å². The molecule has 0 spiro atoms. The number of nitrogens with one attached hydrogen (secondary N) is 1. The van der Waals surface area contributed by atoms with Crippen LogP contribution in [-0.4, -0.2) is 46.5 Å². The minimum Gasteiger partial charge on any atom is -0.480 e. The highest BCUT2D eigenvalue weighted by atomic mass is 16.5. The summed E-state index contributed by atoms with van der Waals surface area (Å²) in [5, 5.41) is 11.1. The van der Waals surface area contributed by atoms with Crippen LogP contribution in [0.3, 0.4) is 0 Å². The second-order valence-corrected chi connectivity index (χ2v) is 6.43. The predicted molar refractivity (Wildman–Crippen MR) is 95.2 cm³/mol. The van der Waals surface area contributed by atoms with E-state index >= 15 is 0 Å². The summed E-state index contributed by atoms with van der Waals surface area (Å²) in [6.07, 6.45) is 5.48. The Balaban J connectivity index is 1.73. The summed E-state index contributed by atoms with van der Waals surface area (Å²) in [7, 11) is 3.21. The van der Waals surface area contributed by atoms with E-state index in [1.165, 1.54) is 7.11 Å². The van der Waals surface area contributed by atoms with Gasteiger partial charge in [0.15, 0.2) is 5.82 Å². The van der Waals surface area contributed by atoms with Crippen molar-refractivity contribution in [3.63, 3.8) is 0 Å². The zero-order valence-corrected chi connectivity index (χ0v) is 15.5. The van der Waals surface area contributed by atoms with Crippen molar-refractivity contribution in [2.75, 3.05) is 20.8 Å². The molecule has 2 aromatic rings. The number of fused-ring (bicyclic) bond motifs is 1. The number of carbonyl (C=O) groups is 1. The Hall–Kier alpha value is -2.48. The summed E-state index contributed by atoms with van der Waals surface area (Å²) in [6.45, 7) is 3.29. The van der Waals surface area contributed by atoms with Gasteiger partial charge in [-0.15, -0.1) is 10.2 Å². The lowest BCUT2D eigenvalue weighted by Gasteiger charge is -2.16. The molecule has 3 rings (SSSR count). The van der Waals surface area contributed by atoms with Gasteiger partial charge >= 0.3 is 0 Å². The molecule has 0 bridgehead atoms. The fraction of sp³-hybridized carbons (Fsp3) is 0.556. The number of rotatable bonds is 8. The van der Waals surface area contributed by atoms with E-state index < -0.39 is 0 Å². The number of hydrogen-bond donors (Lipinski definition) is 1. The summed E-state index contributed by atoms with van der Waals surface area (Å²) >= 11 is 0. The molecule has 0 saturated carbocycles. The zero-order valence-electron chi connectivity index (χ0n) is 15.5. The number of nitrogens with zero attached hydrogens (tertiary/aromatic N) is 4.